The van der Waals surface area contributed by atoms with Gasteiger partial charge in [-0.15, -0.1) is 5.75 Å². The van der Waals surface area contributed by atoms with Crippen molar-refractivity contribution in [2.45, 2.75) is 114 Å². The van der Waals surface area contributed by atoms with E-state index < -0.39 is 20.2 Å². The molecule has 4 aromatic rings. The number of aromatic hydroxyl groups is 1. The van der Waals surface area contributed by atoms with E-state index in [0.29, 0.717) is 29.2 Å². The predicted octanol–water partition coefficient (Wildman–Crippen LogP) is 9.31. The van der Waals surface area contributed by atoms with Crippen LogP contribution < -0.4 is 14.6 Å². The molecule has 284 valence electrons. The van der Waals surface area contributed by atoms with Gasteiger partial charge < -0.3 is 24.2 Å². The molecule has 0 aliphatic heterocycles. The standard InChI is InChI=1S/2C20H26O5S.Ca/c2*1-2-3-4-5-6-7-9-16-14-18(12-13-20(16)21)25-17-10-8-11-19(15-17)26(22,23)24;/h2*8,10-15,21H,2-7,9H2,1H3,(H,22,23,24);/q;;+2/p-2. The second-order valence-electron chi connectivity index (χ2n) is 12.7. The summed E-state index contributed by atoms with van der Waals surface area (Å²) in [6.45, 7) is 4.37. The summed E-state index contributed by atoms with van der Waals surface area (Å²) in [5.74, 6) is 1.71. The first-order valence-corrected chi connectivity index (χ1v) is 20.8. The second-order valence-corrected chi connectivity index (χ2v) is 15.5. The summed E-state index contributed by atoms with van der Waals surface area (Å²) in [5.41, 5.74) is 1.49. The van der Waals surface area contributed by atoms with Gasteiger partial charge in [0.15, 0.2) is 0 Å². The summed E-state index contributed by atoms with van der Waals surface area (Å²) >= 11 is 0. The van der Waals surface area contributed by atoms with Crippen molar-refractivity contribution >= 4 is 58.0 Å². The third-order valence-corrected chi connectivity index (χ3v) is 10.0. The molecule has 0 fully saturated rings. The van der Waals surface area contributed by atoms with E-state index in [2.05, 4.69) is 13.8 Å². The molecule has 0 amide bonds. The van der Waals surface area contributed by atoms with E-state index in [1.165, 1.54) is 93.8 Å². The van der Waals surface area contributed by atoms with Crippen LogP contribution in [0.3, 0.4) is 0 Å². The van der Waals surface area contributed by atoms with Crippen LogP contribution in [0.2, 0.25) is 0 Å². The maximum atomic E-state index is 12.0. The molecule has 13 heteroatoms. The Labute approximate surface area is 345 Å². The molecular weight excluding hydrogens is 745 g/mol. The fourth-order valence-electron chi connectivity index (χ4n) is 5.50. The van der Waals surface area contributed by atoms with Crippen molar-refractivity contribution in [1.82, 2.24) is 0 Å². The molecule has 0 radical (unpaired) electrons. The number of phenolic OH excluding ortho intramolecular Hbond substituents is 1. The minimum Gasteiger partial charge on any atom is -0.872 e. The molecule has 0 aliphatic carbocycles. The van der Waals surface area contributed by atoms with Gasteiger partial charge in [-0.1, -0.05) is 102 Å². The van der Waals surface area contributed by atoms with Crippen LogP contribution in [-0.2, 0) is 33.1 Å². The van der Waals surface area contributed by atoms with Crippen molar-refractivity contribution in [3.8, 4) is 34.5 Å². The second kappa shape index (κ2) is 23.8. The molecule has 0 spiro atoms. The van der Waals surface area contributed by atoms with E-state index >= 15 is 0 Å². The maximum Gasteiger partial charge on any atom is 2.00 e. The quantitative estimate of drug-likeness (QED) is 0.0499. The molecule has 0 aromatic heterocycles. The Morgan fingerprint density at radius 3 is 1.53 bits per heavy atom. The molecule has 4 rings (SSSR count). The summed E-state index contributed by atoms with van der Waals surface area (Å²) in [6, 6.07) is 20.7. The number of unbranched alkanes of at least 4 members (excludes halogenated alkanes) is 10. The molecule has 0 saturated carbocycles. The van der Waals surface area contributed by atoms with Crippen molar-refractivity contribution < 1.29 is 45.6 Å². The Morgan fingerprint density at radius 1 is 0.566 bits per heavy atom. The van der Waals surface area contributed by atoms with Crippen molar-refractivity contribution in [1.29, 1.82) is 0 Å². The topological polar surface area (TPSA) is 173 Å². The number of rotatable bonds is 20. The van der Waals surface area contributed by atoms with Crippen molar-refractivity contribution in [2.24, 2.45) is 0 Å². The zero-order valence-corrected chi connectivity index (χ0v) is 34.5. The Hall–Kier alpha value is -2.84. The third-order valence-electron chi connectivity index (χ3n) is 8.35. The van der Waals surface area contributed by atoms with E-state index in [1.807, 2.05) is 0 Å². The largest absolute Gasteiger partial charge is 2.00 e. The molecule has 0 unspecified atom stereocenters. The van der Waals surface area contributed by atoms with Gasteiger partial charge >= 0.3 is 37.7 Å². The molecule has 0 bridgehead atoms. The van der Waals surface area contributed by atoms with Gasteiger partial charge in [-0.2, -0.15) is 8.42 Å². The van der Waals surface area contributed by atoms with E-state index in [9.17, 15) is 31.6 Å². The molecule has 53 heavy (non-hydrogen) atoms. The van der Waals surface area contributed by atoms with Crippen LogP contribution in [0.4, 0.5) is 0 Å². The first-order chi connectivity index (χ1) is 24.8. The maximum absolute atomic E-state index is 12.0. The van der Waals surface area contributed by atoms with E-state index in [-0.39, 0.29) is 64.8 Å². The van der Waals surface area contributed by atoms with E-state index in [0.717, 1.165) is 37.7 Å². The van der Waals surface area contributed by atoms with Crippen LogP contribution in [0.1, 0.15) is 102 Å². The Bertz CT molecular complexity index is 1780. The molecule has 0 saturated heterocycles. The molecule has 0 atom stereocenters. The summed E-state index contributed by atoms with van der Waals surface area (Å²) in [6.07, 6.45) is 15.4. The summed E-state index contributed by atoms with van der Waals surface area (Å²) in [4.78, 5) is -0.566. The van der Waals surface area contributed by atoms with Crippen molar-refractivity contribution in [3.05, 3.63) is 96.1 Å². The Morgan fingerprint density at radius 2 is 1.00 bits per heavy atom. The number of ether oxygens (including phenoxy) is 2. The number of phenols is 1. The molecule has 10 nitrogen and oxygen atoms in total. The normalized spacial score (nSPS) is 11.2. The first-order valence-electron chi connectivity index (χ1n) is 17.9. The predicted molar refractivity (Wildman–Crippen MR) is 205 cm³/mol. The number of aryl methyl sites for hydroxylation is 2. The van der Waals surface area contributed by atoms with Gasteiger partial charge in [0.05, 0.1) is 9.79 Å². The van der Waals surface area contributed by atoms with Crippen LogP contribution in [0, 0.1) is 0 Å². The van der Waals surface area contributed by atoms with Crippen molar-refractivity contribution in [3.63, 3.8) is 0 Å². The van der Waals surface area contributed by atoms with E-state index in [4.69, 9.17) is 14.0 Å². The van der Waals surface area contributed by atoms with Gasteiger partial charge in [0.25, 0.3) is 10.1 Å². The summed E-state index contributed by atoms with van der Waals surface area (Å²) in [7, 11) is -8.81. The molecular formula is C40H50CaO10S2. The van der Waals surface area contributed by atoms with Gasteiger partial charge in [-0.05, 0) is 91.9 Å². The SMILES string of the molecule is CCCCCCCCc1cc(Oc2cccc(S(=O)(=O)O)c2)ccc1O.CCCCCCCCc1cc(Oc2cccc(S(=O)(=O)[O-])c2)ccc1[O-].[Ca+2]. The van der Waals surface area contributed by atoms with E-state index in [1.54, 1.807) is 42.5 Å². The number of hydrogen-bond donors (Lipinski definition) is 2. The number of benzene rings is 4. The van der Waals surface area contributed by atoms with Gasteiger partial charge in [0.2, 0.25) is 0 Å². The third kappa shape index (κ3) is 17.4. The monoisotopic (exact) mass is 794 g/mol. The van der Waals surface area contributed by atoms with Gasteiger partial charge in [-0.25, -0.2) is 8.42 Å². The summed E-state index contributed by atoms with van der Waals surface area (Å²) in [5, 5.41) is 22.0. The molecule has 4 aromatic carbocycles. The van der Waals surface area contributed by atoms with Gasteiger partial charge in [0.1, 0.15) is 38.9 Å². The average Bonchev–Trinajstić information content (AvgIpc) is 3.10. The fraction of sp³-hybridized carbons (Fsp3) is 0.400. The number of hydrogen-bond acceptors (Lipinski definition) is 9. The zero-order chi connectivity index (χ0) is 38.0. The minimum atomic E-state index is -4.53. The van der Waals surface area contributed by atoms with Gasteiger partial charge in [-0.3, -0.25) is 4.55 Å². The average molecular weight is 795 g/mol. The van der Waals surface area contributed by atoms with Crippen molar-refractivity contribution in [2.75, 3.05) is 0 Å². The molecule has 2 N–H and O–H groups in total. The Kier molecular flexibility index (Phi) is 20.8. The fourth-order valence-corrected chi connectivity index (χ4v) is 6.52. The minimum absolute atomic E-state index is 0. The van der Waals surface area contributed by atoms with Crippen LogP contribution in [0.25, 0.3) is 0 Å². The Balaban J connectivity index is 0.000000360. The van der Waals surface area contributed by atoms with Crippen LogP contribution >= 0.6 is 0 Å². The summed E-state index contributed by atoms with van der Waals surface area (Å²) < 4.78 is 76.1. The van der Waals surface area contributed by atoms with Crippen LogP contribution in [0.15, 0.2) is 94.7 Å². The smallest absolute Gasteiger partial charge is 0.872 e. The molecule has 0 heterocycles. The van der Waals surface area contributed by atoms with Crippen LogP contribution in [0.5, 0.6) is 34.5 Å². The first kappa shape index (κ1) is 46.3. The zero-order valence-electron chi connectivity index (χ0n) is 30.7. The molecule has 0 aliphatic rings. The van der Waals surface area contributed by atoms with Gasteiger partial charge in [0, 0.05) is 6.07 Å². The van der Waals surface area contributed by atoms with Crippen LogP contribution in [-0.4, -0.2) is 68.8 Å².